The Balaban J connectivity index is 1.25. The molecule has 10 rings (SSSR count). The van der Waals surface area contributed by atoms with Gasteiger partial charge in [-0.05, 0) is 123 Å². The topological polar surface area (TPSA) is 31.6 Å². The Bertz CT molecular complexity index is 1620. The van der Waals surface area contributed by atoms with E-state index in [1.165, 1.54) is 54.0 Å². The summed E-state index contributed by atoms with van der Waals surface area (Å²) < 4.78 is 19.3. The van der Waals surface area contributed by atoms with Crippen molar-refractivity contribution in [3.8, 4) is 11.1 Å². The van der Waals surface area contributed by atoms with Gasteiger partial charge in [0, 0.05) is 16.2 Å². The van der Waals surface area contributed by atoms with Crippen LogP contribution in [0, 0.1) is 23.7 Å². The third-order valence-electron chi connectivity index (χ3n) is 11.7. The Morgan fingerprint density at radius 3 is 2.11 bits per heavy atom. The first-order chi connectivity index (χ1) is 18.3. The quantitative estimate of drug-likeness (QED) is 0.251. The average Bonchev–Trinajstić information content (AvgIpc) is 3.46. The highest BCUT2D eigenvalue weighted by Crippen LogP contribution is 2.70. The molecule has 0 atom stereocenters. The van der Waals surface area contributed by atoms with Gasteiger partial charge < -0.3 is 13.7 Å². The van der Waals surface area contributed by atoms with Gasteiger partial charge >= 0.3 is 7.12 Å². The molecule has 5 fully saturated rings. The second-order valence-electron chi connectivity index (χ2n) is 14.0. The molecule has 1 saturated heterocycles. The molecule has 38 heavy (non-hydrogen) atoms. The molecule has 0 radical (unpaired) electrons. The molecule has 4 saturated carbocycles. The van der Waals surface area contributed by atoms with E-state index in [0.717, 1.165) is 40.3 Å². The normalized spacial score (nSPS) is 33.5. The van der Waals surface area contributed by atoms with E-state index in [0.29, 0.717) is 0 Å². The van der Waals surface area contributed by atoms with Gasteiger partial charge in [0.1, 0.15) is 11.2 Å². The maximum absolute atomic E-state index is 6.58. The molecule has 0 N–H and O–H groups in total. The fourth-order valence-electron chi connectivity index (χ4n) is 9.65. The van der Waals surface area contributed by atoms with Gasteiger partial charge in [-0.3, -0.25) is 0 Å². The van der Waals surface area contributed by atoms with E-state index in [1.807, 2.05) is 0 Å². The second-order valence-corrected chi connectivity index (χ2v) is 14.0. The third-order valence-corrected chi connectivity index (χ3v) is 11.7. The summed E-state index contributed by atoms with van der Waals surface area (Å²) in [6, 6.07) is 20.6. The van der Waals surface area contributed by atoms with Crippen molar-refractivity contribution < 1.29 is 13.7 Å². The van der Waals surface area contributed by atoms with Crippen molar-refractivity contribution >= 4 is 34.5 Å². The molecule has 5 aliphatic carbocycles. The molecule has 4 heteroatoms. The van der Waals surface area contributed by atoms with Gasteiger partial charge in [0.05, 0.1) is 11.2 Å². The van der Waals surface area contributed by atoms with E-state index in [9.17, 15) is 0 Å². The number of benzene rings is 3. The Labute approximate surface area is 225 Å². The van der Waals surface area contributed by atoms with Gasteiger partial charge in [-0.15, -0.1) is 0 Å². The number of fused-ring (bicyclic) bond motifs is 7. The highest BCUT2D eigenvalue weighted by Gasteiger charge is 2.61. The zero-order valence-electron chi connectivity index (χ0n) is 22.8. The fraction of sp³-hybridized carbons (Fsp3) is 0.471. The van der Waals surface area contributed by atoms with Crippen molar-refractivity contribution in [3.05, 3.63) is 65.7 Å². The summed E-state index contributed by atoms with van der Waals surface area (Å²) in [5.74, 6) is 3.44. The molecule has 3 nitrogen and oxygen atoms in total. The molecular weight excluding hydrogens is 467 g/mol. The molecule has 1 aromatic heterocycles. The Morgan fingerprint density at radius 2 is 1.39 bits per heavy atom. The van der Waals surface area contributed by atoms with Crippen LogP contribution in [0.3, 0.4) is 0 Å². The molecule has 4 aromatic rings. The predicted octanol–water partition coefficient (Wildman–Crippen LogP) is 7.61. The van der Waals surface area contributed by atoms with E-state index in [-0.39, 0.29) is 23.7 Å². The molecule has 192 valence electrons. The molecule has 0 amide bonds. The number of hydrogen-bond acceptors (Lipinski definition) is 3. The predicted molar refractivity (Wildman–Crippen MR) is 153 cm³/mol. The highest BCUT2D eigenvalue weighted by atomic mass is 16.7. The van der Waals surface area contributed by atoms with E-state index in [1.54, 1.807) is 11.1 Å². The van der Waals surface area contributed by atoms with Crippen molar-refractivity contribution in [1.29, 1.82) is 0 Å². The summed E-state index contributed by atoms with van der Waals surface area (Å²) in [7, 11) is -0.389. The smallest absolute Gasteiger partial charge is 0.456 e. The molecule has 1 aliphatic heterocycles. The van der Waals surface area contributed by atoms with Gasteiger partial charge in [-0.1, -0.05) is 42.5 Å². The lowest BCUT2D eigenvalue weighted by molar-refractivity contribution is -0.0399. The molecule has 3 aromatic carbocycles. The zero-order chi connectivity index (χ0) is 25.6. The van der Waals surface area contributed by atoms with Crippen LogP contribution < -0.4 is 5.46 Å². The van der Waals surface area contributed by atoms with Crippen LogP contribution in [0.1, 0.15) is 70.9 Å². The first kappa shape index (κ1) is 22.3. The Hall–Kier alpha value is -2.56. The fourth-order valence-corrected chi connectivity index (χ4v) is 9.65. The van der Waals surface area contributed by atoms with Crippen LogP contribution in [-0.2, 0) is 14.7 Å². The minimum absolute atomic E-state index is 0.180. The van der Waals surface area contributed by atoms with Crippen LogP contribution >= 0.6 is 0 Å². The lowest BCUT2D eigenvalue weighted by atomic mass is 9.43. The maximum Gasteiger partial charge on any atom is 0.494 e. The molecule has 6 aliphatic rings. The number of rotatable bonds is 1. The van der Waals surface area contributed by atoms with Crippen LogP contribution in [0.15, 0.2) is 59.0 Å². The molecule has 4 bridgehead atoms. The van der Waals surface area contributed by atoms with E-state index >= 15 is 0 Å². The highest BCUT2D eigenvalue weighted by molar-refractivity contribution is 6.62. The van der Waals surface area contributed by atoms with Gasteiger partial charge in [0.15, 0.2) is 0 Å². The van der Waals surface area contributed by atoms with Gasteiger partial charge in [-0.25, -0.2) is 0 Å². The van der Waals surface area contributed by atoms with E-state index in [4.69, 9.17) is 13.7 Å². The molecule has 0 unspecified atom stereocenters. The summed E-state index contributed by atoms with van der Waals surface area (Å²) in [5.41, 5.74) is 8.44. The summed E-state index contributed by atoms with van der Waals surface area (Å²) in [6.45, 7) is 8.42. The summed E-state index contributed by atoms with van der Waals surface area (Å²) in [5, 5.41) is 2.49. The Kier molecular flexibility index (Phi) is 4.08. The minimum atomic E-state index is -0.389. The Morgan fingerprint density at radius 1 is 0.711 bits per heavy atom. The average molecular weight is 502 g/mol. The lowest BCUT2D eigenvalue weighted by Gasteiger charge is -2.61. The molecular formula is C34H35BO3. The standard InChI is InChI=1S/C34H35BO3/c1-32(2)33(3,4)38-35(37-32)23-9-10-25-29(18-23)36-28-12-11-27-30(31(25)28)24-7-5-6-8-26(24)34(27)21-14-19-13-20(16-21)17-22(34)15-19/h5-12,18-22H,13-17H2,1-4H3. The minimum Gasteiger partial charge on any atom is -0.456 e. The van der Waals surface area contributed by atoms with Crippen LogP contribution in [0.5, 0.6) is 0 Å². The van der Waals surface area contributed by atoms with Gasteiger partial charge in [0.2, 0.25) is 0 Å². The van der Waals surface area contributed by atoms with Crippen LogP contribution in [0.4, 0.5) is 0 Å². The van der Waals surface area contributed by atoms with Crippen molar-refractivity contribution in [3.63, 3.8) is 0 Å². The first-order valence-corrected chi connectivity index (χ1v) is 14.7. The second kappa shape index (κ2) is 6.95. The monoisotopic (exact) mass is 502 g/mol. The van der Waals surface area contributed by atoms with Crippen molar-refractivity contribution in [2.24, 2.45) is 23.7 Å². The maximum atomic E-state index is 6.58. The van der Waals surface area contributed by atoms with Gasteiger partial charge in [-0.2, -0.15) is 0 Å². The largest absolute Gasteiger partial charge is 0.494 e. The van der Waals surface area contributed by atoms with Crippen LogP contribution in [0.2, 0.25) is 0 Å². The first-order valence-electron chi connectivity index (χ1n) is 14.7. The third kappa shape index (κ3) is 2.55. The zero-order valence-corrected chi connectivity index (χ0v) is 22.8. The number of furan rings is 1. The van der Waals surface area contributed by atoms with Crippen molar-refractivity contribution in [2.75, 3.05) is 0 Å². The molecule has 1 spiro atoms. The number of hydrogen-bond donors (Lipinski definition) is 0. The van der Waals surface area contributed by atoms with Crippen molar-refractivity contribution in [1.82, 2.24) is 0 Å². The van der Waals surface area contributed by atoms with Crippen LogP contribution in [-0.4, -0.2) is 18.3 Å². The lowest BCUT2D eigenvalue weighted by Crippen LogP contribution is -2.55. The van der Waals surface area contributed by atoms with Crippen LogP contribution in [0.25, 0.3) is 33.1 Å². The summed E-state index contributed by atoms with van der Waals surface area (Å²) in [4.78, 5) is 0. The van der Waals surface area contributed by atoms with Gasteiger partial charge in [0.25, 0.3) is 0 Å². The van der Waals surface area contributed by atoms with E-state index in [2.05, 4.69) is 82.3 Å². The SMILES string of the molecule is CC1(C)OB(c2ccc3c(c2)oc2ccc4c(c23)-c2ccccc2C42C3CC4CC(C3)CC2C4)OC1(C)C. The summed E-state index contributed by atoms with van der Waals surface area (Å²) >= 11 is 0. The summed E-state index contributed by atoms with van der Waals surface area (Å²) in [6.07, 6.45) is 7.10. The van der Waals surface area contributed by atoms with Crippen molar-refractivity contribution in [2.45, 2.75) is 76.4 Å². The molecule has 2 heterocycles. The van der Waals surface area contributed by atoms with E-state index < -0.39 is 0 Å².